The molecule has 3 nitrogen and oxygen atoms in total. The van der Waals surface area contributed by atoms with Crippen LogP contribution in [-0.4, -0.2) is 11.0 Å². The minimum absolute atomic E-state index is 0.478. The van der Waals surface area contributed by atoms with Gasteiger partial charge in [0.1, 0.15) is 5.82 Å². The van der Waals surface area contributed by atoms with E-state index in [2.05, 4.69) is 24.1 Å². The molecule has 1 aromatic heterocycles. The molecule has 3 heteroatoms. The molecule has 0 spiro atoms. The number of nitrogens with zero attached hydrogens (tertiary/aromatic N) is 1. The molecule has 1 unspecified atom stereocenters. The molecule has 1 aromatic rings. The summed E-state index contributed by atoms with van der Waals surface area (Å²) in [6.07, 6.45) is 5.44. The van der Waals surface area contributed by atoms with Gasteiger partial charge in [0, 0.05) is 6.04 Å². The minimum Gasteiger partial charge on any atom is -0.397 e. The van der Waals surface area contributed by atoms with Crippen LogP contribution in [0.25, 0.3) is 0 Å². The molecule has 3 N–H and O–H groups in total. The van der Waals surface area contributed by atoms with E-state index in [1.165, 1.54) is 19.3 Å². The Morgan fingerprint density at radius 2 is 2.27 bits per heavy atom. The fraction of sp³-hybridized carbons (Fsp3) is 0.583. The Morgan fingerprint density at radius 3 is 2.80 bits per heavy atom. The van der Waals surface area contributed by atoms with E-state index in [-0.39, 0.29) is 0 Å². The predicted molar refractivity (Wildman–Crippen MR) is 63.7 cm³/mol. The first-order chi connectivity index (χ1) is 7.05. The van der Waals surface area contributed by atoms with Crippen molar-refractivity contribution < 1.29 is 0 Å². The van der Waals surface area contributed by atoms with Crippen molar-refractivity contribution in [3.05, 3.63) is 18.3 Å². The van der Waals surface area contributed by atoms with Gasteiger partial charge in [0.15, 0.2) is 0 Å². The van der Waals surface area contributed by atoms with Gasteiger partial charge < -0.3 is 11.1 Å². The highest BCUT2D eigenvalue weighted by molar-refractivity contribution is 5.44. The summed E-state index contributed by atoms with van der Waals surface area (Å²) in [4.78, 5) is 4.25. The van der Waals surface area contributed by atoms with Crippen LogP contribution >= 0.6 is 0 Å². The lowest BCUT2D eigenvalue weighted by Crippen LogP contribution is -2.18. The van der Waals surface area contributed by atoms with Crippen LogP contribution in [-0.2, 0) is 0 Å². The quantitative estimate of drug-likeness (QED) is 0.780. The maximum Gasteiger partial charge on any atom is 0.126 e. The first-order valence-corrected chi connectivity index (χ1v) is 5.53. The minimum atomic E-state index is 0.478. The number of hydrogen-bond acceptors (Lipinski definition) is 3. The van der Waals surface area contributed by atoms with Crippen LogP contribution in [0.2, 0.25) is 0 Å². The summed E-state index contributed by atoms with van der Waals surface area (Å²) in [5.41, 5.74) is 6.78. The number of nitrogen functional groups attached to an aromatic ring is 1. The van der Waals surface area contributed by atoms with Crippen LogP contribution in [0.5, 0.6) is 0 Å². The molecule has 1 fully saturated rings. The van der Waals surface area contributed by atoms with Crippen molar-refractivity contribution in [1.29, 1.82) is 0 Å². The van der Waals surface area contributed by atoms with E-state index in [4.69, 9.17) is 5.73 Å². The standard InChI is InChI=1S/C12H19N3/c1-12(2)6-5-10(7-12)15-11-4-3-9(13)8-14-11/h3-4,8,10H,5-7,13H2,1-2H3,(H,14,15). The molecular formula is C12H19N3. The zero-order valence-corrected chi connectivity index (χ0v) is 9.46. The Bertz CT molecular complexity index is 329. The van der Waals surface area contributed by atoms with E-state index in [1.807, 2.05) is 12.1 Å². The predicted octanol–water partition coefficient (Wildman–Crippen LogP) is 2.65. The summed E-state index contributed by atoms with van der Waals surface area (Å²) < 4.78 is 0. The lowest BCUT2D eigenvalue weighted by Gasteiger charge is -2.18. The normalized spacial score (nSPS) is 24.0. The Balaban J connectivity index is 1.96. The molecule has 1 saturated carbocycles. The topological polar surface area (TPSA) is 50.9 Å². The average Bonchev–Trinajstić information content (AvgIpc) is 2.50. The molecular weight excluding hydrogens is 186 g/mol. The van der Waals surface area contributed by atoms with E-state index in [9.17, 15) is 0 Å². The molecule has 0 saturated heterocycles. The summed E-state index contributed by atoms with van der Waals surface area (Å²) in [6, 6.07) is 4.40. The maximum absolute atomic E-state index is 5.59. The number of aromatic nitrogens is 1. The van der Waals surface area contributed by atoms with Crippen molar-refractivity contribution >= 4 is 11.5 Å². The highest BCUT2D eigenvalue weighted by Gasteiger charge is 2.30. The van der Waals surface area contributed by atoms with Gasteiger partial charge in [-0.1, -0.05) is 13.8 Å². The Hall–Kier alpha value is -1.25. The summed E-state index contributed by atoms with van der Waals surface area (Å²) >= 11 is 0. The largest absolute Gasteiger partial charge is 0.397 e. The lowest BCUT2D eigenvalue weighted by atomic mass is 9.92. The molecule has 0 aromatic carbocycles. The van der Waals surface area contributed by atoms with Gasteiger partial charge in [0.2, 0.25) is 0 Å². The molecule has 1 aliphatic rings. The van der Waals surface area contributed by atoms with E-state index in [0.717, 1.165) is 5.82 Å². The Morgan fingerprint density at radius 1 is 1.47 bits per heavy atom. The number of rotatable bonds is 2. The summed E-state index contributed by atoms with van der Waals surface area (Å²) in [6.45, 7) is 4.65. The Labute approximate surface area is 91.1 Å². The molecule has 0 bridgehead atoms. The van der Waals surface area contributed by atoms with E-state index in [0.29, 0.717) is 17.1 Å². The average molecular weight is 205 g/mol. The number of hydrogen-bond donors (Lipinski definition) is 2. The molecule has 2 rings (SSSR count). The molecule has 1 aliphatic carbocycles. The van der Waals surface area contributed by atoms with Crippen molar-refractivity contribution in [2.75, 3.05) is 11.1 Å². The van der Waals surface area contributed by atoms with Gasteiger partial charge in [0.05, 0.1) is 11.9 Å². The molecule has 0 radical (unpaired) electrons. The molecule has 82 valence electrons. The highest BCUT2D eigenvalue weighted by atomic mass is 15.0. The molecule has 15 heavy (non-hydrogen) atoms. The summed E-state index contributed by atoms with van der Waals surface area (Å²) in [5.74, 6) is 0.937. The molecule has 0 amide bonds. The van der Waals surface area contributed by atoms with Gasteiger partial charge in [-0.15, -0.1) is 0 Å². The van der Waals surface area contributed by atoms with Crippen LogP contribution < -0.4 is 11.1 Å². The third-order valence-corrected chi connectivity index (χ3v) is 3.11. The zero-order valence-electron chi connectivity index (χ0n) is 9.46. The van der Waals surface area contributed by atoms with Gasteiger partial charge in [-0.25, -0.2) is 4.98 Å². The monoisotopic (exact) mass is 205 g/mol. The van der Waals surface area contributed by atoms with E-state index >= 15 is 0 Å². The van der Waals surface area contributed by atoms with Gasteiger partial charge in [0.25, 0.3) is 0 Å². The van der Waals surface area contributed by atoms with Crippen LogP contribution in [0.3, 0.4) is 0 Å². The molecule has 1 atom stereocenters. The van der Waals surface area contributed by atoms with Crippen LogP contribution in [0.1, 0.15) is 33.1 Å². The van der Waals surface area contributed by atoms with Crippen LogP contribution in [0, 0.1) is 5.41 Å². The van der Waals surface area contributed by atoms with Gasteiger partial charge in [-0.05, 0) is 36.8 Å². The summed E-state index contributed by atoms with van der Waals surface area (Å²) in [7, 11) is 0. The molecule has 1 heterocycles. The van der Waals surface area contributed by atoms with Crippen molar-refractivity contribution in [2.45, 2.75) is 39.2 Å². The first-order valence-electron chi connectivity index (χ1n) is 5.53. The van der Waals surface area contributed by atoms with Crippen molar-refractivity contribution in [3.63, 3.8) is 0 Å². The fourth-order valence-corrected chi connectivity index (χ4v) is 2.26. The van der Waals surface area contributed by atoms with Gasteiger partial charge in [-0.2, -0.15) is 0 Å². The highest BCUT2D eigenvalue weighted by Crippen LogP contribution is 2.38. The van der Waals surface area contributed by atoms with Gasteiger partial charge in [-0.3, -0.25) is 0 Å². The second kappa shape index (κ2) is 3.72. The van der Waals surface area contributed by atoms with Crippen molar-refractivity contribution in [1.82, 2.24) is 4.98 Å². The second-order valence-electron chi connectivity index (χ2n) is 5.23. The first kappa shape index (κ1) is 10.3. The maximum atomic E-state index is 5.59. The van der Waals surface area contributed by atoms with Crippen molar-refractivity contribution in [3.8, 4) is 0 Å². The SMILES string of the molecule is CC1(C)CCC(Nc2ccc(N)cn2)C1. The lowest BCUT2D eigenvalue weighted by molar-refractivity contribution is 0.378. The van der Waals surface area contributed by atoms with Gasteiger partial charge >= 0.3 is 0 Å². The van der Waals surface area contributed by atoms with Crippen molar-refractivity contribution in [2.24, 2.45) is 5.41 Å². The number of nitrogens with two attached hydrogens (primary N) is 1. The summed E-state index contributed by atoms with van der Waals surface area (Å²) in [5, 5.41) is 3.46. The number of nitrogens with one attached hydrogen (secondary N) is 1. The van der Waals surface area contributed by atoms with Crippen LogP contribution in [0.15, 0.2) is 18.3 Å². The number of anilines is 2. The Kier molecular flexibility index (Phi) is 2.55. The molecule has 0 aliphatic heterocycles. The third-order valence-electron chi connectivity index (χ3n) is 3.11. The van der Waals surface area contributed by atoms with Crippen LogP contribution in [0.4, 0.5) is 11.5 Å². The smallest absolute Gasteiger partial charge is 0.126 e. The second-order valence-corrected chi connectivity index (χ2v) is 5.23. The zero-order chi connectivity index (χ0) is 10.9. The van der Waals surface area contributed by atoms with E-state index in [1.54, 1.807) is 6.20 Å². The third kappa shape index (κ3) is 2.61. The van der Waals surface area contributed by atoms with E-state index < -0.39 is 0 Å². The number of pyridine rings is 1. The fourth-order valence-electron chi connectivity index (χ4n) is 2.26.